The first-order chi connectivity index (χ1) is 12.6. The lowest BCUT2D eigenvalue weighted by Gasteiger charge is -2.50. The molecular formula is C25H43NO2. The van der Waals surface area contributed by atoms with Crippen LogP contribution in [0, 0.1) is 5.92 Å². The fourth-order valence-electron chi connectivity index (χ4n) is 4.19. The Labute approximate surface area is 172 Å². The average molecular weight is 390 g/mol. The third-order valence-corrected chi connectivity index (χ3v) is 6.74. The van der Waals surface area contributed by atoms with Crippen molar-refractivity contribution in [3.63, 3.8) is 0 Å². The van der Waals surface area contributed by atoms with Crippen LogP contribution in [0.15, 0.2) is 18.2 Å². The maximum Gasteiger partial charge on any atom is 0.108 e. The van der Waals surface area contributed by atoms with Gasteiger partial charge in [-0.3, -0.25) is 0 Å². The molecule has 1 fully saturated rings. The maximum absolute atomic E-state index is 11.3. The van der Waals surface area contributed by atoms with Crippen molar-refractivity contribution in [3.05, 3.63) is 34.9 Å². The van der Waals surface area contributed by atoms with Crippen LogP contribution in [0.1, 0.15) is 98.3 Å². The molecule has 2 rings (SSSR count). The van der Waals surface area contributed by atoms with Gasteiger partial charge >= 0.3 is 0 Å². The van der Waals surface area contributed by atoms with Gasteiger partial charge in [0, 0.05) is 12.1 Å². The molecule has 0 aromatic heterocycles. The highest BCUT2D eigenvalue weighted by Gasteiger charge is 2.50. The molecule has 3 atom stereocenters. The number of aliphatic hydroxyl groups is 2. The molecule has 1 aromatic carbocycles. The zero-order valence-electron chi connectivity index (χ0n) is 19.6. The zero-order valence-corrected chi connectivity index (χ0v) is 19.6. The summed E-state index contributed by atoms with van der Waals surface area (Å²) < 4.78 is 0. The third-order valence-electron chi connectivity index (χ3n) is 6.74. The van der Waals surface area contributed by atoms with E-state index in [1.54, 1.807) is 0 Å². The van der Waals surface area contributed by atoms with Crippen LogP contribution < -0.4 is 5.32 Å². The molecule has 0 amide bonds. The van der Waals surface area contributed by atoms with Gasteiger partial charge in [0.2, 0.25) is 0 Å². The van der Waals surface area contributed by atoms with Gasteiger partial charge < -0.3 is 15.5 Å². The van der Waals surface area contributed by atoms with E-state index in [1.165, 1.54) is 16.7 Å². The minimum absolute atomic E-state index is 0.0828. The second-order valence-electron chi connectivity index (χ2n) is 11.7. The molecule has 0 radical (unpaired) electrons. The number of hydrogen-bond acceptors (Lipinski definition) is 3. The monoisotopic (exact) mass is 389 g/mol. The van der Waals surface area contributed by atoms with E-state index in [0.717, 1.165) is 6.42 Å². The number of benzene rings is 1. The lowest BCUT2D eigenvalue weighted by Crippen LogP contribution is -2.66. The van der Waals surface area contributed by atoms with Crippen molar-refractivity contribution in [1.29, 1.82) is 0 Å². The number of nitrogens with one attached hydrogen (secondary N) is 1. The highest BCUT2D eigenvalue weighted by atomic mass is 16.3. The van der Waals surface area contributed by atoms with Crippen LogP contribution in [0.4, 0.5) is 0 Å². The van der Waals surface area contributed by atoms with Crippen LogP contribution in [0.3, 0.4) is 0 Å². The molecule has 3 N–H and O–H groups in total. The molecule has 0 spiro atoms. The van der Waals surface area contributed by atoms with Gasteiger partial charge in [-0.15, -0.1) is 0 Å². The first-order valence-electron chi connectivity index (χ1n) is 10.9. The largest absolute Gasteiger partial charge is 0.390 e. The lowest BCUT2D eigenvalue weighted by molar-refractivity contribution is -0.154. The van der Waals surface area contributed by atoms with Crippen LogP contribution in [-0.2, 0) is 17.4 Å². The fourth-order valence-corrected chi connectivity index (χ4v) is 4.19. The third kappa shape index (κ3) is 4.98. The summed E-state index contributed by atoms with van der Waals surface area (Å²) >= 11 is 0. The Morgan fingerprint density at radius 2 is 1.46 bits per heavy atom. The van der Waals surface area contributed by atoms with Crippen LogP contribution in [0.5, 0.6) is 0 Å². The van der Waals surface area contributed by atoms with Crippen LogP contribution in [-0.4, -0.2) is 27.5 Å². The molecule has 160 valence electrons. The SMILES string of the molecule is C[C@@H]1CC[C@@](O)(C(C)(C)NCc2cc(C(C)(C)C)cc(C(C)(C)C)c2)[C@H](O)C1. The molecule has 0 heterocycles. The van der Waals surface area contributed by atoms with Crippen molar-refractivity contribution < 1.29 is 10.2 Å². The molecule has 1 aromatic rings. The van der Waals surface area contributed by atoms with Crippen molar-refractivity contribution in [3.8, 4) is 0 Å². The topological polar surface area (TPSA) is 52.5 Å². The van der Waals surface area contributed by atoms with Crippen LogP contribution in [0.2, 0.25) is 0 Å². The van der Waals surface area contributed by atoms with E-state index in [-0.39, 0.29) is 10.8 Å². The van der Waals surface area contributed by atoms with Crippen molar-refractivity contribution in [1.82, 2.24) is 5.32 Å². The van der Waals surface area contributed by atoms with Crippen LogP contribution in [0.25, 0.3) is 0 Å². The summed E-state index contributed by atoms with van der Waals surface area (Å²) in [7, 11) is 0. The summed E-state index contributed by atoms with van der Waals surface area (Å²) in [6.07, 6.45) is 1.55. The molecule has 1 aliphatic rings. The molecule has 1 aliphatic carbocycles. The Balaban J connectivity index is 2.27. The van der Waals surface area contributed by atoms with E-state index in [0.29, 0.717) is 25.3 Å². The van der Waals surface area contributed by atoms with Crippen LogP contribution >= 0.6 is 0 Å². The molecule has 3 heteroatoms. The number of aliphatic hydroxyl groups excluding tert-OH is 1. The van der Waals surface area contributed by atoms with Crippen molar-refractivity contribution >= 4 is 0 Å². The minimum atomic E-state index is -1.10. The van der Waals surface area contributed by atoms with E-state index < -0.39 is 17.2 Å². The maximum atomic E-state index is 11.3. The molecule has 0 saturated heterocycles. The predicted octanol–water partition coefficient (Wildman–Crippen LogP) is 5.06. The van der Waals surface area contributed by atoms with Gasteiger partial charge in [-0.05, 0) is 66.5 Å². The summed E-state index contributed by atoms with van der Waals surface area (Å²) in [5.74, 6) is 0.462. The normalized spacial score (nSPS) is 27.1. The molecule has 0 unspecified atom stereocenters. The standard InChI is InChI=1S/C25H43NO2/c1-17-10-11-25(28,21(27)12-17)24(8,9)26-16-18-13-19(22(2,3)4)15-20(14-18)23(5,6)7/h13-15,17,21,26-28H,10-12,16H2,1-9H3/t17-,21-,25+/m1/s1. The quantitative estimate of drug-likeness (QED) is 0.674. The Kier molecular flexibility index (Phi) is 6.46. The first-order valence-corrected chi connectivity index (χ1v) is 10.9. The smallest absolute Gasteiger partial charge is 0.108 e. The molecule has 0 bridgehead atoms. The van der Waals surface area contributed by atoms with Gasteiger partial charge in [-0.1, -0.05) is 66.7 Å². The summed E-state index contributed by atoms with van der Waals surface area (Å²) in [6.45, 7) is 20.3. The van der Waals surface area contributed by atoms with Gasteiger partial charge in [0.15, 0.2) is 0 Å². The summed E-state index contributed by atoms with van der Waals surface area (Å²) in [5.41, 5.74) is 2.38. The molecule has 1 saturated carbocycles. The highest BCUT2D eigenvalue weighted by Crippen LogP contribution is 2.39. The molecule has 3 nitrogen and oxygen atoms in total. The van der Waals surface area contributed by atoms with E-state index in [9.17, 15) is 10.2 Å². The summed E-state index contributed by atoms with van der Waals surface area (Å²) in [6, 6.07) is 6.89. The van der Waals surface area contributed by atoms with Gasteiger partial charge in [0.05, 0.1) is 6.10 Å². The van der Waals surface area contributed by atoms with Gasteiger partial charge in [0.1, 0.15) is 5.60 Å². The van der Waals surface area contributed by atoms with Crippen molar-refractivity contribution in [2.75, 3.05) is 0 Å². The Morgan fingerprint density at radius 3 is 1.89 bits per heavy atom. The highest BCUT2D eigenvalue weighted by molar-refractivity contribution is 5.37. The Morgan fingerprint density at radius 1 is 0.964 bits per heavy atom. The minimum Gasteiger partial charge on any atom is -0.390 e. The van der Waals surface area contributed by atoms with E-state index >= 15 is 0 Å². The van der Waals surface area contributed by atoms with Gasteiger partial charge in [-0.25, -0.2) is 0 Å². The first kappa shape index (κ1) is 23.4. The van der Waals surface area contributed by atoms with E-state index in [2.05, 4.69) is 72.0 Å². The fraction of sp³-hybridized carbons (Fsp3) is 0.760. The molecular weight excluding hydrogens is 346 g/mol. The Bertz CT molecular complexity index is 649. The molecule has 0 aliphatic heterocycles. The zero-order chi connectivity index (χ0) is 21.5. The van der Waals surface area contributed by atoms with Gasteiger partial charge in [0.25, 0.3) is 0 Å². The Hall–Kier alpha value is -0.900. The van der Waals surface area contributed by atoms with Gasteiger partial charge in [-0.2, -0.15) is 0 Å². The summed E-state index contributed by atoms with van der Waals surface area (Å²) in [5, 5.41) is 25.5. The van der Waals surface area contributed by atoms with E-state index in [1.807, 2.05) is 13.8 Å². The lowest BCUT2D eigenvalue weighted by atomic mass is 9.68. The van der Waals surface area contributed by atoms with Crippen molar-refractivity contribution in [2.24, 2.45) is 5.92 Å². The summed E-state index contributed by atoms with van der Waals surface area (Å²) in [4.78, 5) is 0. The van der Waals surface area contributed by atoms with E-state index in [4.69, 9.17) is 0 Å². The average Bonchev–Trinajstić information content (AvgIpc) is 2.55. The number of rotatable bonds is 4. The second kappa shape index (κ2) is 7.74. The predicted molar refractivity (Wildman–Crippen MR) is 119 cm³/mol. The second-order valence-corrected chi connectivity index (χ2v) is 11.7. The van der Waals surface area contributed by atoms with Crippen molar-refractivity contribution in [2.45, 2.75) is 116 Å². The molecule has 28 heavy (non-hydrogen) atoms. The number of hydrogen-bond donors (Lipinski definition) is 3.